The molecule has 1 atom stereocenters. The van der Waals surface area contributed by atoms with Gasteiger partial charge in [-0.2, -0.15) is 0 Å². The van der Waals surface area contributed by atoms with E-state index in [2.05, 4.69) is 0 Å². The summed E-state index contributed by atoms with van der Waals surface area (Å²) < 4.78 is 19.1. The Kier molecular flexibility index (Phi) is 4.08. The Hall–Kier alpha value is -1.58. The summed E-state index contributed by atoms with van der Waals surface area (Å²) in [4.78, 5) is 0. The molecule has 0 aliphatic heterocycles. The van der Waals surface area contributed by atoms with Crippen molar-refractivity contribution in [3.05, 3.63) is 52.8 Å². The van der Waals surface area contributed by atoms with Gasteiger partial charge in [0.2, 0.25) is 0 Å². The first-order valence-corrected chi connectivity index (χ1v) is 6.29. The minimum Gasteiger partial charge on any atom is -0.495 e. The van der Waals surface area contributed by atoms with E-state index in [4.69, 9.17) is 22.1 Å². The number of halogens is 2. The first kappa shape index (κ1) is 13.8. The maximum absolute atomic E-state index is 13.9. The Morgan fingerprint density at radius 1 is 1.21 bits per heavy atom. The molecule has 0 aromatic heterocycles. The van der Waals surface area contributed by atoms with E-state index >= 15 is 0 Å². The monoisotopic (exact) mass is 279 g/mol. The first-order chi connectivity index (χ1) is 9.02. The summed E-state index contributed by atoms with van der Waals surface area (Å²) in [6.45, 7) is 1.86. The Morgan fingerprint density at radius 3 is 2.58 bits per heavy atom. The lowest BCUT2D eigenvalue weighted by Gasteiger charge is -2.11. The van der Waals surface area contributed by atoms with Crippen LogP contribution in [-0.4, -0.2) is 7.11 Å². The first-order valence-electron chi connectivity index (χ1n) is 5.92. The van der Waals surface area contributed by atoms with Crippen molar-refractivity contribution < 1.29 is 9.13 Å². The molecule has 100 valence electrons. The Labute approximate surface area is 117 Å². The van der Waals surface area contributed by atoms with E-state index in [1.165, 1.54) is 13.2 Å². The number of hydrogen-bond acceptors (Lipinski definition) is 2. The van der Waals surface area contributed by atoms with Gasteiger partial charge in [-0.15, -0.1) is 0 Å². The van der Waals surface area contributed by atoms with Gasteiger partial charge in [-0.1, -0.05) is 23.7 Å². The number of nitrogens with two attached hydrogens (primary N) is 1. The third-order valence-corrected chi connectivity index (χ3v) is 3.29. The van der Waals surface area contributed by atoms with Crippen LogP contribution in [0.2, 0.25) is 5.02 Å². The van der Waals surface area contributed by atoms with Crippen LogP contribution >= 0.6 is 11.6 Å². The van der Waals surface area contributed by atoms with Crippen molar-refractivity contribution in [2.24, 2.45) is 5.73 Å². The molecule has 0 heterocycles. The van der Waals surface area contributed by atoms with E-state index in [1.54, 1.807) is 30.3 Å². The zero-order valence-electron chi connectivity index (χ0n) is 10.8. The number of methoxy groups -OCH3 is 1. The molecule has 4 heteroatoms. The normalized spacial score (nSPS) is 12.3. The summed E-state index contributed by atoms with van der Waals surface area (Å²) in [5.74, 6) is 0.221. The Balaban J connectivity index is 2.54. The number of ether oxygens (including phenoxy) is 1. The van der Waals surface area contributed by atoms with E-state index in [0.717, 1.165) is 5.56 Å². The van der Waals surface area contributed by atoms with Crippen LogP contribution < -0.4 is 10.5 Å². The maximum Gasteiger partial charge on any atom is 0.138 e. The molecule has 2 aromatic carbocycles. The van der Waals surface area contributed by atoms with Gasteiger partial charge in [0, 0.05) is 11.6 Å². The van der Waals surface area contributed by atoms with Crippen molar-refractivity contribution in [2.45, 2.75) is 13.0 Å². The SMILES string of the molecule is COc1cc(-c2cc(C(C)N)ccc2F)ccc1Cl. The van der Waals surface area contributed by atoms with Crippen LogP contribution in [0.4, 0.5) is 4.39 Å². The van der Waals surface area contributed by atoms with Crippen molar-refractivity contribution >= 4 is 11.6 Å². The zero-order valence-corrected chi connectivity index (χ0v) is 11.5. The van der Waals surface area contributed by atoms with E-state index in [1.807, 2.05) is 6.92 Å². The predicted octanol–water partition coefficient (Wildman–Crippen LogP) is 4.17. The molecule has 0 aliphatic carbocycles. The highest BCUT2D eigenvalue weighted by molar-refractivity contribution is 6.32. The molecule has 0 radical (unpaired) electrons. The standard InChI is InChI=1S/C15H15ClFNO/c1-9(18)10-4-6-14(17)12(7-10)11-3-5-13(16)15(8-11)19-2/h3-9H,18H2,1-2H3. The van der Waals surface area contributed by atoms with Crippen molar-refractivity contribution in [3.63, 3.8) is 0 Å². The van der Waals surface area contributed by atoms with Crippen LogP contribution in [0.1, 0.15) is 18.5 Å². The summed E-state index contributed by atoms with van der Waals surface area (Å²) in [5.41, 5.74) is 7.90. The molecule has 0 bridgehead atoms. The molecule has 0 aliphatic rings. The van der Waals surface area contributed by atoms with Gasteiger partial charge in [0.25, 0.3) is 0 Å². The smallest absolute Gasteiger partial charge is 0.138 e. The van der Waals surface area contributed by atoms with Crippen LogP contribution in [0.25, 0.3) is 11.1 Å². The number of hydrogen-bond donors (Lipinski definition) is 1. The third kappa shape index (κ3) is 2.88. The van der Waals surface area contributed by atoms with Gasteiger partial charge in [-0.25, -0.2) is 4.39 Å². The summed E-state index contributed by atoms with van der Waals surface area (Å²) in [6, 6.07) is 9.88. The van der Waals surface area contributed by atoms with E-state index in [9.17, 15) is 4.39 Å². The molecule has 2 rings (SSSR count). The second kappa shape index (κ2) is 5.59. The van der Waals surface area contributed by atoms with Gasteiger partial charge in [-0.3, -0.25) is 0 Å². The number of rotatable bonds is 3. The zero-order chi connectivity index (χ0) is 14.0. The van der Waals surface area contributed by atoms with Crippen LogP contribution in [-0.2, 0) is 0 Å². The molecule has 19 heavy (non-hydrogen) atoms. The van der Waals surface area contributed by atoms with Gasteiger partial charge in [0.05, 0.1) is 12.1 Å². The largest absolute Gasteiger partial charge is 0.495 e. The fourth-order valence-corrected chi connectivity index (χ4v) is 2.07. The van der Waals surface area contributed by atoms with Gasteiger partial charge in [0.1, 0.15) is 11.6 Å². The lowest BCUT2D eigenvalue weighted by Crippen LogP contribution is -2.05. The van der Waals surface area contributed by atoms with E-state index in [0.29, 0.717) is 21.9 Å². The molecule has 1 unspecified atom stereocenters. The van der Waals surface area contributed by atoms with E-state index in [-0.39, 0.29) is 11.9 Å². The maximum atomic E-state index is 13.9. The summed E-state index contributed by atoms with van der Waals surface area (Å²) >= 11 is 5.97. The molecule has 0 saturated heterocycles. The quantitative estimate of drug-likeness (QED) is 0.915. The van der Waals surface area contributed by atoms with Crippen molar-refractivity contribution in [1.29, 1.82) is 0 Å². The molecule has 2 aromatic rings. The highest BCUT2D eigenvalue weighted by Crippen LogP contribution is 2.32. The van der Waals surface area contributed by atoms with Gasteiger partial charge in [0.15, 0.2) is 0 Å². The summed E-state index contributed by atoms with van der Waals surface area (Å²) in [5, 5.41) is 0.495. The Morgan fingerprint density at radius 2 is 1.95 bits per heavy atom. The minimum absolute atomic E-state index is 0.145. The predicted molar refractivity (Wildman–Crippen MR) is 76.0 cm³/mol. The topological polar surface area (TPSA) is 35.2 Å². The summed E-state index contributed by atoms with van der Waals surface area (Å²) in [7, 11) is 1.53. The van der Waals surface area contributed by atoms with Crippen LogP contribution in [0, 0.1) is 5.82 Å². The molecule has 0 saturated carbocycles. The van der Waals surface area contributed by atoms with Gasteiger partial charge < -0.3 is 10.5 Å². The molecule has 0 fully saturated rings. The van der Waals surface area contributed by atoms with Crippen molar-refractivity contribution in [1.82, 2.24) is 0 Å². The molecular formula is C15H15ClFNO. The molecule has 0 amide bonds. The molecular weight excluding hydrogens is 265 g/mol. The molecule has 0 spiro atoms. The second-order valence-corrected chi connectivity index (χ2v) is 4.78. The van der Waals surface area contributed by atoms with E-state index < -0.39 is 0 Å². The van der Waals surface area contributed by atoms with Gasteiger partial charge in [-0.05, 0) is 42.3 Å². The van der Waals surface area contributed by atoms with Crippen LogP contribution in [0.3, 0.4) is 0 Å². The summed E-state index contributed by atoms with van der Waals surface area (Å²) in [6.07, 6.45) is 0. The lowest BCUT2D eigenvalue weighted by molar-refractivity contribution is 0.415. The average Bonchev–Trinajstić information content (AvgIpc) is 2.40. The lowest BCUT2D eigenvalue weighted by atomic mass is 9.99. The third-order valence-electron chi connectivity index (χ3n) is 2.98. The minimum atomic E-state index is -0.297. The van der Waals surface area contributed by atoms with Gasteiger partial charge >= 0.3 is 0 Å². The van der Waals surface area contributed by atoms with Crippen molar-refractivity contribution in [2.75, 3.05) is 7.11 Å². The van der Waals surface area contributed by atoms with Crippen molar-refractivity contribution in [3.8, 4) is 16.9 Å². The highest BCUT2D eigenvalue weighted by atomic mass is 35.5. The van der Waals surface area contributed by atoms with Crippen LogP contribution in [0.5, 0.6) is 5.75 Å². The molecule has 2 nitrogen and oxygen atoms in total. The fourth-order valence-electron chi connectivity index (χ4n) is 1.87. The highest BCUT2D eigenvalue weighted by Gasteiger charge is 2.10. The van der Waals surface area contributed by atoms with Crippen LogP contribution in [0.15, 0.2) is 36.4 Å². The fraction of sp³-hybridized carbons (Fsp3) is 0.200. The second-order valence-electron chi connectivity index (χ2n) is 4.38. The molecule has 2 N–H and O–H groups in total. The Bertz CT molecular complexity index is 599. The number of benzene rings is 2. The average molecular weight is 280 g/mol.